The lowest BCUT2D eigenvalue weighted by atomic mass is 10.1. The fourth-order valence-corrected chi connectivity index (χ4v) is 2.92. The normalized spacial score (nSPS) is 5.51. The Hall–Kier alpha value is -12.2. The quantitative estimate of drug-likeness (QED) is 0.387. The van der Waals surface area contributed by atoms with Gasteiger partial charge in [-0.15, -0.1) is 6.42 Å². The molecular weight excluding hydrogens is 741 g/mol. The first kappa shape index (κ1) is 45.0. The molecule has 0 bridgehead atoms. The van der Waals surface area contributed by atoms with Crippen molar-refractivity contribution in [1.82, 2.24) is 9.97 Å². The SMILES string of the molecule is C#CC#CC#CC#CC#CC#CC#CC#CC#CC#CC#CC#CC#CC#CC#CC#CC#CC#CC#CC#CC#CC#CC#CC.c1nc2ccc(-c3ccoc3)cc2[nH]1. The lowest BCUT2D eigenvalue weighted by Gasteiger charge is -1.95. The lowest BCUT2D eigenvalue weighted by Crippen LogP contribution is -1.74. The number of aromatic amines is 1. The molecule has 3 heteroatoms. The highest BCUT2D eigenvalue weighted by Gasteiger charge is 2.01. The van der Waals surface area contributed by atoms with E-state index < -0.39 is 0 Å². The molecular formula is C58H12N2O. The number of rotatable bonds is 1. The van der Waals surface area contributed by atoms with Crippen molar-refractivity contribution in [2.24, 2.45) is 0 Å². The van der Waals surface area contributed by atoms with Gasteiger partial charge in [0.25, 0.3) is 0 Å². The van der Waals surface area contributed by atoms with Crippen LogP contribution >= 0.6 is 0 Å². The third kappa shape index (κ3) is 26.3. The molecule has 0 saturated carbocycles. The molecule has 1 N–H and O–H groups in total. The smallest absolute Gasteiger partial charge is 0.0980 e. The van der Waals surface area contributed by atoms with Crippen LogP contribution in [0.2, 0.25) is 0 Å². The van der Waals surface area contributed by atoms with Crippen molar-refractivity contribution >= 4 is 11.0 Å². The predicted molar refractivity (Wildman–Crippen MR) is 239 cm³/mol. The monoisotopic (exact) mass is 752 g/mol. The second-order valence-electron chi connectivity index (χ2n) is 8.92. The summed E-state index contributed by atoms with van der Waals surface area (Å²) in [4.78, 5) is 7.24. The fourth-order valence-electron chi connectivity index (χ4n) is 2.92. The van der Waals surface area contributed by atoms with E-state index in [0.717, 1.165) is 22.2 Å². The summed E-state index contributed by atoms with van der Waals surface area (Å²) in [5.41, 5.74) is 4.25. The Labute approximate surface area is 358 Å². The number of H-pyrrole nitrogens is 1. The summed E-state index contributed by atoms with van der Waals surface area (Å²) >= 11 is 0. The Morgan fingerprint density at radius 3 is 0.984 bits per heavy atom. The number of benzene rings is 1. The molecule has 0 aliphatic heterocycles. The average molecular weight is 753 g/mol. The summed E-state index contributed by atoms with van der Waals surface area (Å²) in [6.45, 7) is 1.69. The fraction of sp³-hybridized carbons (Fsp3) is 0.0172. The highest BCUT2D eigenvalue weighted by Crippen LogP contribution is 2.22. The van der Waals surface area contributed by atoms with Gasteiger partial charge in [-0.3, -0.25) is 0 Å². The van der Waals surface area contributed by atoms with E-state index in [9.17, 15) is 0 Å². The van der Waals surface area contributed by atoms with Crippen molar-refractivity contribution in [3.63, 3.8) is 0 Å². The summed E-state index contributed by atoms with van der Waals surface area (Å²) in [5, 5.41) is 0. The van der Waals surface area contributed by atoms with Crippen LogP contribution in [0.25, 0.3) is 22.2 Å². The molecule has 1 aromatic carbocycles. The van der Waals surface area contributed by atoms with Gasteiger partial charge in [0.15, 0.2) is 0 Å². The van der Waals surface area contributed by atoms with Crippen LogP contribution in [-0.2, 0) is 0 Å². The lowest BCUT2D eigenvalue weighted by molar-refractivity contribution is 0.568. The van der Waals surface area contributed by atoms with Crippen LogP contribution in [-0.4, -0.2) is 9.97 Å². The van der Waals surface area contributed by atoms with Gasteiger partial charge in [-0.2, -0.15) is 0 Å². The van der Waals surface area contributed by atoms with Crippen molar-refractivity contribution in [2.45, 2.75) is 6.92 Å². The minimum Gasteiger partial charge on any atom is -0.472 e. The van der Waals surface area contributed by atoms with E-state index in [4.69, 9.17) is 10.8 Å². The van der Waals surface area contributed by atoms with Crippen molar-refractivity contribution in [3.8, 4) is 284 Å². The molecule has 2 aromatic heterocycles. The average Bonchev–Trinajstić information content (AvgIpc) is 4.00. The molecule has 0 fully saturated rings. The third-order valence-electron chi connectivity index (χ3n) is 5.10. The molecule has 61 heavy (non-hydrogen) atoms. The van der Waals surface area contributed by atoms with Crippen LogP contribution in [0.5, 0.6) is 0 Å². The summed E-state index contributed by atoms with van der Waals surface area (Å²) < 4.78 is 5.04. The number of nitrogens with one attached hydrogen (secondary N) is 1. The van der Waals surface area contributed by atoms with Gasteiger partial charge in [0.1, 0.15) is 0 Å². The maximum Gasteiger partial charge on any atom is 0.0980 e. The van der Waals surface area contributed by atoms with Crippen LogP contribution in [0.1, 0.15) is 6.92 Å². The van der Waals surface area contributed by atoms with E-state index in [0.29, 0.717) is 0 Å². The highest BCUT2D eigenvalue weighted by molar-refractivity contribution is 5.81. The second-order valence-corrected chi connectivity index (χ2v) is 8.92. The Kier molecular flexibility index (Phi) is 25.8. The van der Waals surface area contributed by atoms with E-state index in [1.807, 2.05) is 18.2 Å². The number of fused-ring (bicyclic) bond motifs is 1. The Morgan fingerprint density at radius 1 is 0.393 bits per heavy atom. The molecule has 0 saturated heterocycles. The second kappa shape index (κ2) is 34.9. The molecule has 3 nitrogen and oxygen atoms in total. The van der Waals surface area contributed by atoms with E-state index >= 15 is 0 Å². The summed E-state index contributed by atoms with van der Waals surface area (Å²) in [7, 11) is 0. The molecule has 0 unspecified atom stereocenters. The van der Waals surface area contributed by atoms with E-state index in [-0.39, 0.29) is 0 Å². The Morgan fingerprint density at radius 2 is 0.705 bits per heavy atom. The first-order chi connectivity index (χ1) is 30.3. The van der Waals surface area contributed by atoms with Crippen molar-refractivity contribution in [1.29, 1.82) is 0 Å². The van der Waals surface area contributed by atoms with E-state index in [1.165, 1.54) is 0 Å². The maximum absolute atomic E-state index is 5.04. The molecule has 3 rings (SSSR count). The topological polar surface area (TPSA) is 41.8 Å². The highest BCUT2D eigenvalue weighted by atomic mass is 16.3. The number of hydrogen-bond donors (Lipinski definition) is 1. The summed E-state index contributed by atoms with van der Waals surface area (Å²) in [6, 6.07) is 8.03. The van der Waals surface area contributed by atoms with Crippen molar-refractivity contribution < 1.29 is 4.42 Å². The standard InChI is InChI=1S/C47H4.C11H8N2O/c1-3-5-7-9-11-13-15-17-19-21-23-25-27-29-31-33-35-37-39-41-43-45-47-46-44-42-40-38-36-34-32-30-28-26-24-22-20-18-16-14-12-10-8-6-4-2;1-2-10-11(13-7-12-10)5-8(1)9-3-4-14-6-9/h1H,2H3;1-7H,(H,12,13). The van der Waals surface area contributed by atoms with Crippen LogP contribution < -0.4 is 0 Å². The Balaban J connectivity index is 0.000000749. The Bertz CT molecular complexity index is 3740. The van der Waals surface area contributed by atoms with Gasteiger partial charge < -0.3 is 9.40 Å². The number of imidazole rings is 1. The minimum absolute atomic E-state index is 0.984. The maximum atomic E-state index is 5.04. The van der Waals surface area contributed by atoms with Gasteiger partial charge in [-0.25, -0.2) is 4.98 Å². The number of hydrogen-bond acceptors (Lipinski definition) is 2. The van der Waals surface area contributed by atoms with Crippen LogP contribution in [0.4, 0.5) is 0 Å². The van der Waals surface area contributed by atoms with Crippen molar-refractivity contribution in [2.75, 3.05) is 0 Å². The molecule has 0 amide bonds. The summed E-state index contributed by atoms with van der Waals surface area (Å²) in [5.74, 6) is 112. The molecule has 260 valence electrons. The number of terminal acetylenes is 1. The zero-order valence-corrected chi connectivity index (χ0v) is 31.5. The summed E-state index contributed by atoms with van der Waals surface area (Å²) in [6.07, 6.45) is 10.0. The van der Waals surface area contributed by atoms with Gasteiger partial charge in [0, 0.05) is 171 Å². The zero-order valence-electron chi connectivity index (χ0n) is 31.5. The molecule has 3 aromatic rings. The van der Waals surface area contributed by atoms with Gasteiger partial charge >= 0.3 is 0 Å². The van der Waals surface area contributed by atoms with Crippen LogP contribution in [0, 0.1) is 273 Å². The molecule has 0 atom stereocenters. The number of nitrogens with zero attached hydrogens (tertiary/aromatic N) is 1. The first-order valence-corrected chi connectivity index (χ1v) is 16.2. The van der Waals surface area contributed by atoms with E-state index in [1.54, 1.807) is 25.8 Å². The van der Waals surface area contributed by atoms with Gasteiger partial charge in [0.05, 0.1) is 29.9 Å². The van der Waals surface area contributed by atoms with Crippen LogP contribution in [0.15, 0.2) is 47.5 Å². The van der Waals surface area contributed by atoms with Crippen LogP contribution in [0.3, 0.4) is 0 Å². The molecule has 0 spiro atoms. The third-order valence-corrected chi connectivity index (χ3v) is 5.10. The molecule has 0 radical (unpaired) electrons. The molecule has 0 aliphatic carbocycles. The largest absolute Gasteiger partial charge is 0.472 e. The minimum atomic E-state index is 0.984. The van der Waals surface area contributed by atoms with E-state index in [2.05, 4.69) is 282 Å². The molecule has 0 aliphatic rings. The first-order valence-electron chi connectivity index (χ1n) is 16.2. The predicted octanol–water partition coefficient (Wildman–Crippen LogP) is 3.54. The molecule has 2 heterocycles. The van der Waals surface area contributed by atoms with Gasteiger partial charge in [0.2, 0.25) is 0 Å². The van der Waals surface area contributed by atoms with Gasteiger partial charge in [-0.05, 0) is 125 Å². The zero-order chi connectivity index (χ0) is 43.2. The number of furan rings is 1. The van der Waals surface area contributed by atoms with Gasteiger partial charge in [-0.1, -0.05) is 12.0 Å². The number of aromatic nitrogens is 2. The van der Waals surface area contributed by atoms with Crippen molar-refractivity contribution in [3.05, 3.63) is 43.1 Å².